The molecule has 7 heteroatoms. The van der Waals surface area contributed by atoms with Gasteiger partial charge in [0.25, 0.3) is 5.91 Å². The second-order valence-electron chi connectivity index (χ2n) is 6.65. The van der Waals surface area contributed by atoms with Crippen molar-refractivity contribution in [2.24, 2.45) is 5.41 Å². The molecule has 0 unspecified atom stereocenters. The zero-order chi connectivity index (χ0) is 18.5. The minimum absolute atomic E-state index is 0.313. The molecule has 1 fully saturated rings. The Labute approximate surface area is 159 Å². The SMILES string of the molecule is C[C@]1(C(=O)OCC(=O)Nc2ccc3oc4ccccc4c3c2)CC1(Cl)Cl. The van der Waals surface area contributed by atoms with Gasteiger partial charge in [0.05, 0.1) is 0 Å². The molecule has 1 aliphatic rings. The van der Waals surface area contributed by atoms with Crippen molar-refractivity contribution in [3.05, 3.63) is 42.5 Å². The molecule has 1 amide bonds. The zero-order valence-corrected chi connectivity index (χ0v) is 15.4. The van der Waals surface area contributed by atoms with Crippen LogP contribution >= 0.6 is 23.2 Å². The Morgan fingerprint density at radius 3 is 2.58 bits per heavy atom. The van der Waals surface area contributed by atoms with Gasteiger partial charge in [0.15, 0.2) is 6.61 Å². The number of hydrogen-bond donors (Lipinski definition) is 1. The third-order valence-corrected chi connectivity index (χ3v) is 5.80. The summed E-state index contributed by atoms with van der Waals surface area (Å²) in [6, 6.07) is 13.0. The topological polar surface area (TPSA) is 68.5 Å². The van der Waals surface area contributed by atoms with Crippen molar-refractivity contribution >= 4 is 62.7 Å². The highest BCUT2D eigenvalue weighted by Gasteiger charge is 2.69. The molecule has 4 rings (SSSR count). The van der Waals surface area contributed by atoms with Crippen LogP contribution in [0.5, 0.6) is 0 Å². The molecule has 134 valence electrons. The Bertz CT molecular complexity index is 1040. The molecule has 2 aromatic carbocycles. The lowest BCUT2D eigenvalue weighted by Gasteiger charge is -2.11. The van der Waals surface area contributed by atoms with Crippen LogP contribution in [0.1, 0.15) is 13.3 Å². The summed E-state index contributed by atoms with van der Waals surface area (Å²) in [6.07, 6.45) is 0.313. The normalized spacial score (nSPS) is 20.9. The highest BCUT2D eigenvalue weighted by Crippen LogP contribution is 2.64. The number of halogens is 2. The van der Waals surface area contributed by atoms with Crippen LogP contribution in [0, 0.1) is 5.41 Å². The van der Waals surface area contributed by atoms with E-state index >= 15 is 0 Å². The molecule has 0 saturated heterocycles. The predicted octanol–water partition coefficient (Wildman–Crippen LogP) is 4.65. The number of rotatable bonds is 4. The van der Waals surface area contributed by atoms with E-state index in [4.69, 9.17) is 32.4 Å². The molecule has 1 aromatic heterocycles. The predicted molar refractivity (Wildman–Crippen MR) is 100 cm³/mol. The first-order valence-electron chi connectivity index (χ1n) is 8.06. The number of furan rings is 1. The molecular weight excluding hydrogens is 377 g/mol. The number of carbonyl (C=O) groups excluding carboxylic acids is 2. The second kappa shape index (κ2) is 5.89. The van der Waals surface area contributed by atoms with E-state index in [9.17, 15) is 9.59 Å². The molecule has 0 aliphatic heterocycles. The van der Waals surface area contributed by atoms with Crippen LogP contribution in [-0.4, -0.2) is 22.8 Å². The molecule has 0 spiro atoms. The summed E-state index contributed by atoms with van der Waals surface area (Å²) in [4.78, 5) is 24.1. The van der Waals surface area contributed by atoms with Crippen LogP contribution in [0.15, 0.2) is 46.9 Å². The Kier molecular flexibility index (Phi) is 3.90. The van der Waals surface area contributed by atoms with Gasteiger partial charge in [-0.15, -0.1) is 23.2 Å². The van der Waals surface area contributed by atoms with Gasteiger partial charge < -0.3 is 14.5 Å². The van der Waals surface area contributed by atoms with E-state index in [0.29, 0.717) is 12.1 Å². The van der Waals surface area contributed by atoms with Crippen molar-refractivity contribution in [2.75, 3.05) is 11.9 Å². The van der Waals surface area contributed by atoms with Crippen LogP contribution in [0.25, 0.3) is 21.9 Å². The molecule has 5 nitrogen and oxygen atoms in total. The van der Waals surface area contributed by atoms with Gasteiger partial charge in [0, 0.05) is 22.9 Å². The summed E-state index contributed by atoms with van der Waals surface area (Å²) in [5.41, 5.74) is 1.15. The van der Waals surface area contributed by atoms with Gasteiger partial charge in [-0.3, -0.25) is 9.59 Å². The van der Waals surface area contributed by atoms with Crippen LogP contribution in [0.4, 0.5) is 5.69 Å². The Balaban J connectivity index is 1.44. The zero-order valence-electron chi connectivity index (χ0n) is 13.8. The van der Waals surface area contributed by atoms with Gasteiger partial charge in [-0.1, -0.05) is 18.2 Å². The average Bonchev–Trinajstić information content (AvgIpc) is 2.97. The molecule has 0 bridgehead atoms. The van der Waals surface area contributed by atoms with E-state index < -0.39 is 28.2 Å². The molecule has 1 saturated carbocycles. The van der Waals surface area contributed by atoms with E-state index in [-0.39, 0.29) is 0 Å². The number of benzene rings is 2. The fraction of sp³-hybridized carbons (Fsp3) is 0.263. The molecule has 1 atom stereocenters. The van der Waals surface area contributed by atoms with Gasteiger partial charge in [0.2, 0.25) is 0 Å². The number of hydrogen-bond acceptors (Lipinski definition) is 4. The number of ether oxygens (including phenoxy) is 1. The van der Waals surface area contributed by atoms with Crippen molar-refractivity contribution in [3.8, 4) is 0 Å². The van der Waals surface area contributed by atoms with E-state index in [2.05, 4.69) is 5.32 Å². The van der Waals surface area contributed by atoms with E-state index in [1.165, 1.54) is 0 Å². The number of alkyl halides is 2. The highest BCUT2D eigenvalue weighted by atomic mass is 35.5. The molecule has 0 radical (unpaired) electrons. The first-order chi connectivity index (χ1) is 12.3. The minimum Gasteiger partial charge on any atom is -0.456 e. The minimum atomic E-state index is -1.12. The lowest BCUT2D eigenvalue weighted by Crippen LogP contribution is -2.26. The first-order valence-corrected chi connectivity index (χ1v) is 8.82. The van der Waals surface area contributed by atoms with Gasteiger partial charge in [0.1, 0.15) is 20.9 Å². The standard InChI is InChI=1S/C19H15Cl2NO4/c1-18(10-19(18,20)21)17(24)25-9-16(23)22-11-6-7-15-13(8-11)12-4-2-3-5-14(12)26-15/h2-8H,9-10H2,1H3,(H,22,23)/t18-/m1/s1. The van der Waals surface area contributed by atoms with Gasteiger partial charge in [-0.2, -0.15) is 0 Å². The van der Waals surface area contributed by atoms with Crippen molar-refractivity contribution < 1.29 is 18.7 Å². The number of para-hydroxylation sites is 1. The van der Waals surface area contributed by atoms with Crippen molar-refractivity contribution in [3.63, 3.8) is 0 Å². The van der Waals surface area contributed by atoms with Crippen molar-refractivity contribution in [1.82, 2.24) is 0 Å². The third-order valence-electron chi connectivity index (χ3n) is 4.70. The number of fused-ring (bicyclic) bond motifs is 3. The average molecular weight is 392 g/mol. The Hall–Kier alpha value is -2.24. The number of esters is 1. The summed E-state index contributed by atoms with van der Waals surface area (Å²) in [6.45, 7) is 1.22. The number of amides is 1. The Morgan fingerprint density at radius 2 is 1.85 bits per heavy atom. The largest absolute Gasteiger partial charge is 0.456 e. The molecule has 1 heterocycles. The molecule has 1 N–H and O–H groups in total. The van der Waals surface area contributed by atoms with Gasteiger partial charge in [-0.05, 0) is 31.2 Å². The molecule has 1 aliphatic carbocycles. The number of anilines is 1. The maximum absolute atomic E-state index is 12.1. The lowest BCUT2D eigenvalue weighted by molar-refractivity contribution is -0.152. The van der Waals surface area contributed by atoms with Crippen molar-refractivity contribution in [2.45, 2.75) is 17.7 Å². The summed E-state index contributed by atoms with van der Waals surface area (Å²) < 4.78 is 9.67. The van der Waals surface area contributed by atoms with Crippen LogP contribution in [0.3, 0.4) is 0 Å². The second-order valence-corrected chi connectivity index (χ2v) is 8.13. The van der Waals surface area contributed by atoms with Crippen LogP contribution in [-0.2, 0) is 14.3 Å². The fourth-order valence-electron chi connectivity index (χ4n) is 2.91. The molecule has 26 heavy (non-hydrogen) atoms. The Morgan fingerprint density at radius 1 is 1.15 bits per heavy atom. The van der Waals surface area contributed by atoms with E-state index in [1.54, 1.807) is 19.1 Å². The summed E-state index contributed by atoms with van der Waals surface area (Å²) in [5.74, 6) is -1.02. The molecular formula is C19H15Cl2NO4. The third kappa shape index (κ3) is 2.81. The fourth-order valence-corrected chi connectivity index (χ4v) is 3.60. The molecule has 3 aromatic rings. The highest BCUT2D eigenvalue weighted by molar-refractivity contribution is 6.53. The number of nitrogens with one attached hydrogen (secondary N) is 1. The summed E-state index contributed by atoms with van der Waals surface area (Å²) >= 11 is 11.9. The lowest BCUT2D eigenvalue weighted by atomic mass is 10.1. The summed E-state index contributed by atoms with van der Waals surface area (Å²) in [5, 5.41) is 4.58. The quantitative estimate of drug-likeness (QED) is 0.518. The first kappa shape index (κ1) is 17.2. The van der Waals surface area contributed by atoms with E-state index in [0.717, 1.165) is 21.9 Å². The van der Waals surface area contributed by atoms with Gasteiger partial charge >= 0.3 is 5.97 Å². The summed E-state index contributed by atoms with van der Waals surface area (Å²) in [7, 11) is 0. The maximum atomic E-state index is 12.1. The van der Waals surface area contributed by atoms with Gasteiger partial charge in [-0.25, -0.2) is 0 Å². The van der Waals surface area contributed by atoms with Crippen LogP contribution < -0.4 is 5.32 Å². The van der Waals surface area contributed by atoms with Crippen molar-refractivity contribution in [1.29, 1.82) is 0 Å². The van der Waals surface area contributed by atoms with Crippen LogP contribution in [0.2, 0.25) is 0 Å². The smallest absolute Gasteiger partial charge is 0.315 e. The number of carbonyl (C=O) groups is 2. The maximum Gasteiger partial charge on any atom is 0.315 e. The monoisotopic (exact) mass is 391 g/mol. The van der Waals surface area contributed by atoms with E-state index in [1.807, 2.05) is 30.3 Å².